The number of benzene rings is 2. The number of hydrogen-bond acceptors (Lipinski definition) is 7. The molecule has 1 saturated carbocycles. The van der Waals surface area contributed by atoms with E-state index in [1.54, 1.807) is 51.2 Å². The van der Waals surface area contributed by atoms with E-state index in [9.17, 15) is 37.4 Å². The van der Waals surface area contributed by atoms with Crippen molar-refractivity contribution in [2.45, 2.75) is 82.3 Å². The molecule has 2 heterocycles. The molecule has 1 amide bonds. The van der Waals surface area contributed by atoms with E-state index in [-0.39, 0.29) is 42.4 Å². The quantitative estimate of drug-likeness (QED) is 0.159. The summed E-state index contributed by atoms with van der Waals surface area (Å²) in [4.78, 5) is 42.8. The van der Waals surface area contributed by atoms with Crippen molar-refractivity contribution < 1.29 is 37.4 Å². The van der Waals surface area contributed by atoms with Gasteiger partial charge in [0.15, 0.2) is 0 Å². The second-order valence-electron chi connectivity index (χ2n) is 11.8. The van der Waals surface area contributed by atoms with Gasteiger partial charge in [-0.05, 0) is 79.3 Å². The smallest absolute Gasteiger partial charge is 0.393 e. The topological polar surface area (TPSA) is 148 Å². The fourth-order valence-corrected chi connectivity index (χ4v) is 7.86. The minimum absolute atomic E-state index is 0.143. The lowest BCUT2D eigenvalue weighted by atomic mass is 9.80. The molecule has 242 valence electrons. The third-order valence-corrected chi connectivity index (χ3v) is 11.2. The number of nitrogens with zero attached hydrogens (tertiary/aromatic N) is 3. The molecule has 1 aromatic heterocycles. The highest BCUT2D eigenvalue weighted by molar-refractivity contribution is 7.53. The molecule has 5 N–H and O–H groups in total. The van der Waals surface area contributed by atoms with Crippen LogP contribution < -0.4 is 10.6 Å². The number of alkyl halides is 3. The van der Waals surface area contributed by atoms with Crippen LogP contribution in [0, 0.1) is 0 Å². The lowest BCUT2D eigenvalue weighted by molar-refractivity contribution is -0.137. The first-order chi connectivity index (χ1) is 21.2. The maximum absolute atomic E-state index is 14.1. The Labute approximate surface area is 259 Å². The van der Waals surface area contributed by atoms with Gasteiger partial charge in [-0.25, -0.2) is 4.98 Å². The summed E-state index contributed by atoms with van der Waals surface area (Å²) < 4.78 is 54.6. The van der Waals surface area contributed by atoms with Gasteiger partial charge in [0, 0.05) is 25.5 Å². The highest BCUT2D eigenvalue weighted by atomic mass is 31.2. The summed E-state index contributed by atoms with van der Waals surface area (Å²) in [6, 6.07) is 9.71. The van der Waals surface area contributed by atoms with E-state index in [2.05, 4.69) is 20.6 Å². The zero-order chi connectivity index (χ0) is 32.7. The Bertz CT molecular complexity index is 1620. The number of halogens is 3. The maximum atomic E-state index is 14.1. The monoisotopic (exact) mass is 647 g/mol. The summed E-state index contributed by atoms with van der Waals surface area (Å²) >= 11 is 0. The summed E-state index contributed by atoms with van der Waals surface area (Å²) in [5.74, 6) is -0.851. The van der Waals surface area contributed by atoms with Crippen LogP contribution in [0.2, 0.25) is 0 Å². The highest BCUT2D eigenvalue weighted by Crippen LogP contribution is 2.61. The maximum Gasteiger partial charge on any atom is 0.421 e. The summed E-state index contributed by atoms with van der Waals surface area (Å²) in [7, 11) is -2.85. The largest absolute Gasteiger partial charge is 0.421 e. The number of fused-ring (bicyclic) bond motifs is 1. The first-order valence-electron chi connectivity index (χ1n) is 14.9. The van der Waals surface area contributed by atoms with Gasteiger partial charge in [-0.15, -0.1) is 0 Å². The fourth-order valence-electron chi connectivity index (χ4n) is 6.56. The molecule has 1 fully saturated rings. The van der Waals surface area contributed by atoms with Crippen molar-refractivity contribution in [1.82, 2.24) is 14.9 Å². The Kier molecular flexibility index (Phi) is 9.02. The van der Waals surface area contributed by atoms with Crippen LogP contribution in [0.15, 0.2) is 42.6 Å². The van der Waals surface area contributed by atoms with Crippen molar-refractivity contribution >= 4 is 36.6 Å². The Hall–Kier alpha value is -3.51. The third kappa shape index (κ3) is 6.31. The number of aromatic nitrogens is 2. The normalized spacial score (nSPS) is 19.0. The van der Waals surface area contributed by atoms with Gasteiger partial charge in [0.2, 0.25) is 5.95 Å². The number of amides is 1. The van der Waals surface area contributed by atoms with Gasteiger partial charge >= 0.3 is 13.8 Å². The number of rotatable bonds is 9. The van der Waals surface area contributed by atoms with Gasteiger partial charge < -0.3 is 30.4 Å². The molecule has 2 aromatic carbocycles. The van der Waals surface area contributed by atoms with E-state index in [1.807, 2.05) is 6.07 Å². The number of anilines is 4. The van der Waals surface area contributed by atoms with Crippen LogP contribution in [-0.2, 0) is 22.4 Å². The van der Waals surface area contributed by atoms with Crippen molar-refractivity contribution in [1.29, 1.82) is 0 Å². The first kappa shape index (κ1) is 32.9. The number of carbonyl (C=O) groups is 1. The van der Waals surface area contributed by atoms with E-state index in [0.717, 1.165) is 24.0 Å². The van der Waals surface area contributed by atoms with Crippen LogP contribution in [0.25, 0.3) is 0 Å². The number of aliphatic hydroxyl groups excluding tert-OH is 1. The standard InChI is InChI=1S/C31H37F3N5O5P/c1-4-30(5-2,45(42,43)44)19-8-10-20(11-9-19)36-29-35-16-24(31(32,33)34)27(38-29)37-25-15-14-22(18-6-12-21(40)13-7-18)23-17-39(3)28(41)26(23)25/h8-11,14-16,18,21,40H,4-7,12-13,17H2,1-3H3,(H2,42,43,44)(H2,35,36,37,38). The van der Waals surface area contributed by atoms with Gasteiger partial charge in [0.25, 0.3) is 5.91 Å². The third-order valence-electron chi connectivity index (χ3n) is 9.19. The average molecular weight is 648 g/mol. The van der Waals surface area contributed by atoms with Crippen LogP contribution in [0.1, 0.15) is 90.9 Å². The predicted octanol–water partition coefficient (Wildman–Crippen LogP) is 6.78. The molecule has 0 radical (unpaired) electrons. The molecule has 1 aliphatic heterocycles. The van der Waals surface area contributed by atoms with E-state index < -0.39 is 30.3 Å². The van der Waals surface area contributed by atoms with E-state index in [0.29, 0.717) is 42.4 Å². The van der Waals surface area contributed by atoms with Gasteiger partial charge in [0.1, 0.15) is 11.4 Å². The van der Waals surface area contributed by atoms with E-state index >= 15 is 0 Å². The average Bonchev–Trinajstić information content (AvgIpc) is 3.28. The van der Waals surface area contributed by atoms with Crippen LogP contribution in [-0.4, -0.2) is 48.8 Å². The Morgan fingerprint density at radius 1 is 1.00 bits per heavy atom. The lowest BCUT2D eigenvalue weighted by Gasteiger charge is -2.33. The Balaban J connectivity index is 1.47. The molecule has 45 heavy (non-hydrogen) atoms. The number of nitrogens with one attached hydrogen (secondary N) is 2. The van der Waals surface area contributed by atoms with Crippen molar-refractivity contribution in [3.8, 4) is 0 Å². The van der Waals surface area contributed by atoms with Crippen molar-refractivity contribution in [3.63, 3.8) is 0 Å². The Morgan fingerprint density at radius 2 is 1.64 bits per heavy atom. The SMILES string of the molecule is CCC(CC)(c1ccc(Nc2ncc(C(F)(F)F)c(Nc3ccc(C4CCC(O)CC4)c4c3C(=O)N(C)C4)n2)cc1)P(=O)(O)O. The molecule has 0 atom stereocenters. The molecule has 10 nitrogen and oxygen atoms in total. The molecule has 14 heteroatoms. The van der Waals surface area contributed by atoms with Crippen LogP contribution in [0.4, 0.5) is 36.3 Å². The van der Waals surface area contributed by atoms with Crippen molar-refractivity contribution in [3.05, 3.63) is 70.4 Å². The van der Waals surface area contributed by atoms with Gasteiger partial charge in [-0.1, -0.05) is 32.0 Å². The Morgan fingerprint density at radius 3 is 2.22 bits per heavy atom. The van der Waals surface area contributed by atoms with E-state index in [4.69, 9.17) is 0 Å². The summed E-state index contributed by atoms with van der Waals surface area (Å²) in [5.41, 5.74) is 1.97. The predicted molar refractivity (Wildman–Crippen MR) is 164 cm³/mol. The van der Waals surface area contributed by atoms with Gasteiger partial charge in [0.05, 0.1) is 22.5 Å². The molecular formula is C31H37F3N5O5P. The molecule has 3 aromatic rings. The molecule has 2 aliphatic rings. The van der Waals surface area contributed by atoms with E-state index in [1.165, 1.54) is 4.90 Å². The number of aliphatic hydroxyl groups is 1. The van der Waals surface area contributed by atoms with Crippen LogP contribution in [0.5, 0.6) is 0 Å². The second kappa shape index (κ2) is 12.4. The zero-order valence-electron chi connectivity index (χ0n) is 25.2. The summed E-state index contributed by atoms with van der Waals surface area (Å²) in [6.45, 7) is 3.74. The van der Waals surface area contributed by atoms with Gasteiger partial charge in [-0.2, -0.15) is 18.2 Å². The van der Waals surface area contributed by atoms with Crippen molar-refractivity contribution in [2.24, 2.45) is 0 Å². The number of hydrogen-bond donors (Lipinski definition) is 5. The van der Waals surface area contributed by atoms with Crippen LogP contribution >= 0.6 is 7.60 Å². The molecule has 0 bridgehead atoms. The van der Waals surface area contributed by atoms with Crippen molar-refractivity contribution in [2.75, 3.05) is 17.7 Å². The fraction of sp³-hybridized carbons (Fsp3) is 0.452. The van der Waals surface area contributed by atoms with Gasteiger partial charge in [-0.3, -0.25) is 9.36 Å². The zero-order valence-corrected chi connectivity index (χ0v) is 26.1. The minimum atomic E-state index is -4.79. The molecular weight excluding hydrogens is 610 g/mol. The second-order valence-corrected chi connectivity index (χ2v) is 13.7. The lowest BCUT2D eigenvalue weighted by Crippen LogP contribution is -2.24. The number of carbonyl (C=O) groups excluding carboxylic acids is 1. The van der Waals surface area contributed by atoms with Crippen LogP contribution in [0.3, 0.4) is 0 Å². The summed E-state index contributed by atoms with van der Waals surface area (Å²) in [6.07, 6.45) is -1.23. The molecule has 0 unspecified atom stereocenters. The molecule has 5 rings (SSSR count). The molecule has 1 aliphatic carbocycles. The molecule has 0 spiro atoms. The minimum Gasteiger partial charge on any atom is -0.393 e. The highest BCUT2D eigenvalue weighted by Gasteiger charge is 2.45. The molecule has 0 saturated heterocycles. The summed E-state index contributed by atoms with van der Waals surface area (Å²) in [5, 5.41) is 14.2. The first-order valence-corrected chi connectivity index (χ1v) is 16.5.